The summed E-state index contributed by atoms with van der Waals surface area (Å²) >= 11 is 0. The van der Waals surface area contributed by atoms with Gasteiger partial charge in [0.25, 0.3) is 5.91 Å². The zero-order valence-electron chi connectivity index (χ0n) is 16.6. The topological polar surface area (TPSA) is 81.4 Å². The molecule has 0 bridgehead atoms. The second-order valence-electron chi connectivity index (χ2n) is 7.18. The van der Waals surface area contributed by atoms with Crippen molar-refractivity contribution in [3.05, 3.63) is 89.3 Å². The van der Waals surface area contributed by atoms with Crippen molar-refractivity contribution in [1.82, 2.24) is 10.3 Å². The van der Waals surface area contributed by atoms with Crippen molar-refractivity contribution < 1.29 is 18.7 Å². The van der Waals surface area contributed by atoms with Crippen LogP contribution in [0, 0.1) is 6.92 Å². The minimum absolute atomic E-state index is 0.373. The number of cyclic esters (lactones) is 1. The number of carbonyl (C=O) groups excluding carboxylic acids is 2. The van der Waals surface area contributed by atoms with Crippen LogP contribution in [-0.2, 0) is 22.4 Å². The number of ether oxygens (including phenoxy) is 1. The smallest absolute Gasteiger partial charge is 0.414 e. The zero-order chi connectivity index (χ0) is 20.9. The molecule has 0 aliphatic carbocycles. The summed E-state index contributed by atoms with van der Waals surface area (Å²) in [4.78, 5) is 27.2. The fourth-order valence-corrected chi connectivity index (χ4v) is 3.34. The first-order chi connectivity index (χ1) is 14.6. The van der Waals surface area contributed by atoms with Gasteiger partial charge in [-0.3, -0.25) is 10.1 Å². The molecule has 1 N–H and O–H groups in total. The van der Waals surface area contributed by atoms with Gasteiger partial charge in [0.2, 0.25) is 5.89 Å². The summed E-state index contributed by atoms with van der Waals surface area (Å²) in [6.07, 6.45) is 4.23. The summed E-state index contributed by atoms with van der Waals surface area (Å²) in [5.41, 5.74) is 4.20. The van der Waals surface area contributed by atoms with Crippen LogP contribution in [0.5, 0.6) is 0 Å². The molecule has 2 heterocycles. The number of nitrogens with zero attached hydrogens (tertiary/aromatic N) is 1. The quantitative estimate of drug-likeness (QED) is 0.594. The number of aryl methyl sites for hydroxylation is 1. The molecule has 1 saturated heterocycles. The Balaban J connectivity index is 1.38. The number of oxazole rings is 1. The van der Waals surface area contributed by atoms with E-state index in [9.17, 15) is 9.59 Å². The third-order valence-corrected chi connectivity index (χ3v) is 4.91. The number of alkyl carbamates (subject to hydrolysis) is 1. The van der Waals surface area contributed by atoms with Gasteiger partial charge in [-0.1, -0.05) is 54.6 Å². The average Bonchev–Trinajstić information content (AvgIpc) is 3.27. The summed E-state index contributed by atoms with van der Waals surface area (Å²) in [6.45, 7) is 1.94. The van der Waals surface area contributed by atoms with Gasteiger partial charge in [0.05, 0.1) is 5.69 Å². The Labute approximate surface area is 174 Å². The van der Waals surface area contributed by atoms with Gasteiger partial charge >= 0.3 is 6.09 Å². The molecule has 1 unspecified atom stereocenters. The lowest BCUT2D eigenvalue weighted by molar-refractivity contribution is -0.123. The molecule has 0 saturated carbocycles. The van der Waals surface area contributed by atoms with Crippen molar-refractivity contribution in [3.63, 3.8) is 0 Å². The molecule has 1 aliphatic rings. The molecular formula is C24H22N2O4. The number of amides is 2. The van der Waals surface area contributed by atoms with Crippen LogP contribution in [-0.4, -0.2) is 23.1 Å². The second-order valence-corrected chi connectivity index (χ2v) is 7.18. The predicted octanol–water partition coefficient (Wildman–Crippen LogP) is 4.36. The van der Waals surface area contributed by atoms with Crippen molar-refractivity contribution in [3.8, 4) is 11.5 Å². The highest BCUT2D eigenvalue weighted by atomic mass is 16.6. The van der Waals surface area contributed by atoms with Crippen LogP contribution in [0.2, 0.25) is 0 Å². The number of rotatable bonds is 7. The van der Waals surface area contributed by atoms with Crippen LogP contribution >= 0.6 is 0 Å². The first-order valence-corrected chi connectivity index (χ1v) is 9.84. The van der Waals surface area contributed by atoms with Crippen LogP contribution < -0.4 is 5.32 Å². The van der Waals surface area contributed by atoms with Crippen molar-refractivity contribution in [2.24, 2.45) is 0 Å². The lowest BCUT2D eigenvalue weighted by Crippen LogP contribution is -2.23. The van der Waals surface area contributed by atoms with E-state index >= 15 is 0 Å². The number of aromatic nitrogens is 1. The maximum atomic E-state index is 11.5. The third-order valence-electron chi connectivity index (χ3n) is 4.91. The highest BCUT2D eigenvalue weighted by molar-refractivity contribution is 5.99. The summed E-state index contributed by atoms with van der Waals surface area (Å²) in [5.74, 6) is 1.08. The van der Waals surface area contributed by atoms with Crippen LogP contribution in [0.15, 0.2) is 71.2 Å². The monoisotopic (exact) mass is 402 g/mol. The van der Waals surface area contributed by atoms with Crippen LogP contribution in [0.4, 0.5) is 4.79 Å². The Hall–Kier alpha value is -3.67. The minimum Gasteiger partial charge on any atom is -0.441 e. The SMILES string of the molecule is Cc1oc(-c2ccccc2)nc1Cc1cccc(CC=CCC2OC(=O)NC2=O)c1. The highest BCUT2D eigenvalue weighted by Gasteiger charge is 2.30. The number of carbonyl (C=O) groups is 2. The minimum atomic E-state index is -0.728. The van der Waals surface area contributed by atoms with Gasteiger partial charge in [-0.25, -0.2) is 9.78 Å². The van der Waals surface area contributed by atoms with Crippen LogP contribution in [0.1, 0.15) is 29.0 Å². The van der Waals surface area contributed by atoms with Crippen molar-refractivity contribution in [2.75, 3.05) is 0 Å². The summed E-state index contributed by atoms with van der Waals surface area (Å²) in [6, 6.07) is 18.2. The Kier molecular flexibility index (Phi) is 5.75. The maximum Gasteiger partial charge on any atom is 0.414 e. The van der Waals surface area contributed by atoms with E-state index in [1.807, 2.05) is 55.5 Å². The van der Waals surface area contributed by atoms with Crippen molar-refractivity contribution in [2.45, 2.75) is 32.3 Å². The normalized spacial score (nSPS) is 16.1. The molecular weight excluding hydrogens is 380 g/mol. The number of hydrogen-bond acceptors (Lipinski definition) is 5. The third kappa shape index (κ3) is 4.66. The molecule has 1 aliphatic heterocycles. The first-order valence-electron chi connectivity index (χ1n) is 9.84. The molecule has 4 rings (SSSR count). The van der Waals surface area contributed by atoms with E-state index in [1.165, 1.54) is 0 Å². The van der Waals surface area contributed by atoms with E-state index in [1.54, 1.807) is 0 Å². The molecule has 3 aromatic rings. The molecule has 2 amide bonds. The molecule has 2 aromatic carbocycles. The molecule has 1 fully saturated rings. The van der Waals surface area contributed by atoms with Crippen molar-refractivity contribution >= 4 is 12.0 Å². The highest BCUT2D eigenvalue weighted by Crippen LogP contribution is 2.23. The van der Waals surface area contributed by atoms with Gasteiger partial charge in [0.15, 0.2) is 6.10 Å². The van der Waals surface area contributed by atoms with Gasteiger partial charge in [0, 0.05) is 18.4 Å². The standard InChI is InChI=1S/C24H22N2O4/c1-16-20(25-23(29-16)19-11-3-2-4-12-19)15-18-10-7-9-17(14-18)8-5-6-13-21-22(27)26-24(28)30-21/h2-7,9-12,14,21H,8,13,15H2,1H3,(H,26,27,28). The Bertz CT molecular complexity index is 1090. The summed E-state index contributed by atoms with van der Waals surface area (Å²) < 4.78 is 10.7. The fourth-order valence-electron chi connectivity index (χ4n) is 3.34. The summed E-state index contributed by atoms with van der Waals surface area (Å²) in [7, 11) is 0. The van der Waals surface area contributed by atoms with E-state index in [4.69, 9.17) is 9.15 Å². The van der Waals surface area contributed by atoms with Crippen LogP contribution in [0.3, 0.4) is 0 Å². The number of allylic oxidation sites excluding steroid dienone is 1. The second kappa shape index (κ2) is 8.78. The van der Waals surface area contributed by atoms with E-state index in [-0.39, 0.29) is 5.91 Å². The molecule has 6 nitrogen and oxygen atoms in total. The number of nitrogens with one attached hydrogen (secondary N) is 1. The molecule has 30 heavy (non-hydrogen) atoms. The van der Waals surface area contributed by atoms with Gasteiger partial charge < -0.3 is 9.15 Å². The van der Waals surface area contributed by atoms with E-state index < -0.39 is 12.2 Å². The number of benzene rings is 2. The van der Waals surface area contributed by atoms with Crippen LogP contribution in [0.25, 0.3) is 11.5 Å². The van der Waals surface area contributed by atoms with Gasteiger partial charge in [-0.15, -0.1) is 0 Å². The number of hydrogen-bond donors (Lipinski definition) is 1. The molecule has 1 atom stereocenters. The van der Waals surface area contributed by atoms with E-state index in [0.29, 0.717) is 18.7 Å². The molecule has 0 radical (unpaired) electrons. The zero-order valence-corrected chi connectivity index (χ0v) is 16.6. The maximum absolute atomic E-state index is 11.5. The Morgan fingerprint density at radius 3 is 2.60 bits per heavy atom. The first kappa shape index (κ1) is 19.6. The number of imide groups is 1. The van der Waals surface area contributed by atoms with Crippen molar-refractivity contribution in [1.29, 1.82) is 0 Å². The summed E-state index contributed by atoms with van der Waals surface area (Å²) in [5, 5.41) is 2.13. The molecule has 0 spiro atoms. The average molecular weight is 402 g/mol. The van der Waals surface area contributed by atoms with Gasteiger partial charge in [-0.2, -0.15) is 0 Å². The Morgan fingerprint density at radius 2 is 1.83 bits per heavy atom. The van der Waals surface area contributed by atoms with E-state index in [2.05, 4.69) is 28.5 Å². The molecule has 6 heteroatoms. The molecule has 1 aromatic heterocycles. The molecule has 152 valence electrons. The van der Waals surface area contributed by atoms with E-state index in [0.717, 1.165) is 34.6 Å². The lowest BCUT2D eigenvalue weighted by Gasteiger charge is -2.03. The lowest BCUT2D eigenvalue weighted by atomic mass is 10.0. The predicted molar refractivity (Wildman–Crippen MR) is 112 cm³/mol. The largest absolute Gasteiger partial charge is 0.441 e. The fraction of sp³-hybridized carbons (Fsp3) is 0.208. The Morgan fingerprint density at radius 1 is 1.03 bits per heavy atom. The van der Waals surface area contributed by atoms with Gasteiger partial charge in [-0.05, 0) is 36.6 Å². The van der Waals surface area contributed by atoms with Gasteiger partial charge in [0.1, 0.15) is 5.76 Å².